The SMILES string of the molecule is CC(C)CC(=O)N(C)Cc1cccc(C=CC(=O)O)c1. The molecular weight excluding hydrogens is 254 g/mol. The Balaban J connectivity index is 2.70. The van der Waals surface area contributed by atoms with Crippen LogP contribution in [0.15, 0.2) is 30.3 Å². The van der Waals surface area contributed by atoms with Gasteiger partial charge in [-0.05, 0) is 29.2 Å². The minimum Gasteiger partial charge on any atom is -0.478 e. The Morgan fingerprint density at radius 3 is 2.65 bits per heavy atom. The predicted molar refractivity (Wildman–Crippen MR) is 79.0 cm³/mol. The van der Waals surface area contributed by atoms with Gasteiger partial charge >= 0.3 is 5.97 Å². The summed E-state index contributed by atoms with van der Waals surface area (Å²) in [4.78, 5) is 24.1. The molecule has 0 aliphatic carbocycles. The van der Waals surface area contributed by atoms with E-state index >= 15 is 0 Å². The van der Waals surface area contributed by atoms with Gasteiger partial charge in [0.25, 0.3) is 0 Å². The van der Waals surface area contributed by atoms with Crippen LogP contribution in [0.4, 0.5) is 0 Å². The van der Waals surface area contributed by atoms with Crippen LogP contribution < -0.4 is 0 Å². The molecule has 0 spiro atoms. The van der Waals surface area contributed by atoms with E-state index in [1.807, 2.05) is 38.1 Å². The van der Waals surface area contributed by atoms with E-state index in [0.717, 1.165) is 17.2 Å². The topological polar surface area (TPSA) is 57.6 Å². The summed E-state index contributed by atoms with van der Waals surface area (Å²) in [6.07, 6.45) is 3.18. The molecule has 0 aromatic heterocycles. The number of hydrogen-bond donors (Lipinski definition) is 1. The van der Waals surface area contributed by atoms with Gasteiger partial charge < -0.3 is 10.0 Å². The molecule has 0 saturated heterocycles. The van der Waals surface area contributed by atoms with Crippen molar-refractivity contribution in [1.82, 2.24) is 4.90 Å². The molecule has 1 N–H and O–H groups in total. The lowest BCUT2D eigenvalue weighted by atomic mass is 10.1. The van der Waals surface area contributed by atoms with Gasteiger partial charge in [-0.1, -0.05) is 32.0 Å². The van der Waals surface area contributed by atoms with Gasteiger partial charge in [-0.2, -0.15) is 0 Å². The molecular formula is C16H21NO3. The Morgan fingerprint density at radius 1 is 1.35 bits per heavy atom. The van der Waals surface area contributed by atoms with Crippen molar-refractivity contribution >= 4 is 18.0 Å². The number of benzene rings is 1. The number of nitrogens with zero attached hydrogens (tertiary/aromatic N) is 1. The Hall–Kier alpha value is -2.10. The van der Waals surface area contributed by atoms with Crippen molar-refractivity contribution in [2.45, 2.75) is 26.8 Å². The van der Waals surface area contributed by atoms with E-state index in [2.05, 4.69) is 0 Å². The molecule has 1 aromatic carbocycles. The first-order valence-electron chi connectivity index (χ1n) is 6.62. The fourth-order valence-electron chi connectivity index (χ4n) is 1.83. The maximum Gasteiger partial charge on any atom is 0.328 e. The highest BCUT2D eigenvalue weighted by molar-refractivity contribution is 5.85. The third kappa shape index (κ3) is 5.69. The molecule has 0 atom stereocenters. The Bertz CT molecular complexity index is 506. The van der Waals surface area contributed by atoms with Crippen LogP contribution in [0.1, 0.15) is 31.4 Å². The van der Waals surface area contributed by atoms with Crippen molar-refractivity contribution in [1.29, 1.82) is 0 Å². The fraction of sp³-hybridized carbons (Fsp3) is 0.375. The molecule has 4 heteroatoms. The summed E-state index contributed by atoms with van der Waals surface area (Å²) in [7, 11) is 1.78. The van der Waals surface area contributed by atoms with Crippen molar-refractivity contribution in [2.75, 3.05) is 7.05 Å². The minimum absolute atomic E-state index is 0.117. The Kier molecular flexibility index (Phi) is 5.97. The number of aliphatic carboxylic acids is 1. The maximum absolute atomic E-state index is 11.9. The second-order valence-corrected chi connectivity index (χ2v) is 5.26. The van der Waals surface area contributed by atoms with Gasteiger partial charge in [0.05, 0.1) is 0 Å². The molecule has 1 rings (SSSR count). The first kappa shape index (κ1) is 16.0. The summed E-state index contributed by atoms with van der Waals surface area (Å²) in [5.41, 5.74) is 1.80. The van der Waals surface area contributed by atoms with E-state index in [1.54, 1.807) is 18.0 Å². The van der Waals surface area contributed by atoms with E-state index in [0.29, 0.717) is 18.9 Å². The number of carboxylic acids is 1. The number of rotatable bonds is 6. The summed E-state index contributed by atoms with van der Waals surface area (Å²) in [5, 5.41) is 8.61. The lowest BCUT2D eigenvalue weighted by Gasteiger charge is -2.18. The molecule has 0 aliphatic rings. The van der Waals surface area contributed by atoms with Crippen molar-refractivity contribution in [3.05, 3.63) is 41.5 Å². The molecule has 1 aromatic rings. The highest BCUT2D eigenvalue weighted by Crippen LogP contribution is 2.11. The second kappa shape index (κ2) is 7.48. The van der Waals surface area contributed by atoms with Crippen molar-refractivity contribution in [3.8, 4) is 0 Å². The number of carboxylic acid groups (broad SMARTS) is 1. The third-order valence-electron chi connectivity index (χ3n) is 2.80. The van der Waals surface area contributed by atoms with Crippen LogP contribution in [0.25, 0.3) is 6.08 Å². The van der Waals surface area contributed by atoms with Gasteiger partial charge in [0.1, 0.15) is 0 Å². The van der Waals surface area contributed by atoms with E-state index in [-0.39, 0.29) is 5.91 Å². The van der Waals surface area contributed by atoms with E-state index in [9.17, 15) is 9.59 Å². The van der Waals surface area contributed by atoms with E-state index < -0.39 is 5.97 Å². The summed E-state index contributed by atoms with van der Waals surface area (Å²) in [5.74, 6) is -0.513. The average Bonchev–Trinajstić information content (AvgIpc) is 2.36. The van der Waals surface area contributed by atoms with Crippen LogP contribution in [0.2, 0.25) is 0 Å². The molecule has 0 radical (unpaired) electrons. The zero-order valence-electron chi connectivity index (χ0n) is 12.2. The molecule has 0 heterocycles. The lowest BCUT2D eigenvalue weighted by Crippen LogP contribution is -2.27. The summed E-state index contributed by atoms with van der Waals surface area (Å²) >= 11 is 0. The van der Waals surface area contributed by atoms with Crippen molar-refractivity contribution in [3.63, 3.8) is 0 Å². The molecule has 108 valence electrons. The standard InChI is InChI=1S/C16H21NO3/c1-12(2)9-15(18)17(3)11-14-6-4-5-13(10-14)7-8-16(19)20/h4-8,10,12H,9,11H2,1-3H3,(H,19,20). The van der Waals surface area contributed by atoms with Gasteiger partial charge in [0.2, 0.25) is 5.91 Å². The van der Waals surface area contributed by atoms with Crippen LogP contribution in [0, 0.1) is 5.92 Å². The Labute approximate surface area is 119 Å². The Morgan fingerprint density at radius 2 is 2.05 bits per heavy atom. The number of hydrogen-bond acceptors (Lipinski definition) is 2. The monoisotopic (exact) mass is 275 g/mol. The third-order valence-corrected chi connectivity index (χ3v) is 2.80. The van der Waals surface area contributed by atoms with Gasteiger partial charge in [0.15, 0.2) is 0 Å². The van der Waals surface area contributed by atoms with Gasteiger partial charge in [-0.25, -0.2) is 4.79 Å². The molecule has 0 unspecified atom stereocenters. The van der Waals surface area contributed by atoms with E-state index in [4.69, 9.17) is 5.11 Å². The largest absolute Gasteiger partial charge is 0.478 e. The number of amides is 1. The van der Waals surface area contributed by atoms with Crippen molar-refractivity contribution in [2.24, 2.45) is 5.92 Å². The van der Waals surface area contributed by atoms with Crippen LogP contribution in [0.5, 0.6) is 0 Å². The highest BCUT2D eigenvalue weighted by Gasteiger charge is 2.11. The second-order valence-electron chi connectivity index (χ2n) is 5.26. The predicted octanol–water partition coefficient (Wildman–Crippen LogP) is 2.79. The summed E-state index contributed by atoms with van der Waals surface area (Å²) in [6.45, 7) is 4.56. The van der Waals surface area contributed by atoms with Gasteiger partial charge in [-0.3, -0.25) is 4.79 Å². The maximum atomic E-state index is 11.9. The number of carbonyl (C=O) groups excluding carboxylic acids is 1. The summed E-state index contributed by atoms with van der Waals surface area (Å²) in [6, 6.07) is 7.51. The highest BCUT2D eigenvalue weighted by atomic mass is 16.4. The van der Waals surface area contributed by atoms with Crippen LogP contribution in [-0.4, -0.2) is 28.9 Å². The fourth-order valence-corrected chi connectivity index (χ4v) is 1.83. The zero-order chi connectivity index (χ0) is 15.1. The first-order chi connectivity index (χ1) is 9.38. The molecule has 0 bridgehead atoms. The molecule has 4 nitrogen and oxygen atoms in total. The molecule has 20 heavy (non-hydrogen) atoms. The molecule has 1 amide bonds. The van der Waals surface area contributed by atoms with E-state index in [1.165, 1.54) is 0 Å². The summed E-state index contributed by atoms with van der Waals surface area (Å²) < 4.78 is 0. The van der Waals surface area contributed by atoms with Crippen LogP contribution in [0.3, 0.4) is 0 Å². The van der Waals surface area contributed by atoms with Gasteiger partial charge in [-0.15, -0.1) is 0 Å². The van der Waals surface area contributed by atoms with Crippen molar-refractivity contribution < 1.29 is 14.7 Å². The van der Waals surface area contributed by atoms with Gasteiger partial charge in [0, 0.05) is 26.1 Å². The van der Waals surface area contributed by atoms with Crippen LogP contribution in [-0.2, 0) is 16.1 Å². The molecule has 0 saturated carbocycles. The van der Waals surface area contributed by atoms with Crippen LogP contribution >= 0.6 is 0 Å². The average molecular weight is 275 g/mol. The normalized spacial score (nSPS) is 11.0. The lowest BCUT2D eigenvalue weighted by molar-refractivity contribution is -0.132. The minimum atomic E-state index is -0.973. The zero-order valence-corrected chi connectivity index (χ0v) is 12.2. The smallest absolute Gasteiger partial charge is 0.328 e. The first-order valence-corrected chi connectivity index (χ1v) is 6.62. The molecule has 0 aliphatic heterocycles. The number of carbonyl (C=O) groups is 2. The molecule has 0 fully saturated rings. The quantitative estimate of drug-likeness (QED) is 0.812.